The number of ether oxygens (including phenoxy) is 1. The van der Waals surface area contributed by atoms with Crippen LogP contribution in [0.3, 0.4) is 0 Å². The van der Waals surface area contributed by atoms with E-state index in [0.717, 1.165) is 30.2 Å². The molecule has 1 aromatic heterocycles. The normalized spacial score (nSPS) is 13.7. The molecule has 0 saturated carbocycles. The molecule has 1 aliphatic carbocycles. The fraction of sp³-hybridized carbons (Fsp3) is 0.375. The van der Waals surface area contributed by atoms with Crippen LogP contribution < -0.4 is 10.1 Å². The number of aromatic nitrogens is 2. The molecule has 20 heavy (non-hydrogen) atoms. The number of hydrogen-bond acceptors (Lipinski definition) is 4. The Labute approximate surface area is 119 Å². The average Bonchev–Trinajstić information content (AvgIpc) is 2.53. The standard InChI is InChI=1S/C16H19N3O/c1-17-16-13-9-5-6-10-14(13)18-15(19-16)11-20-12-7-3-2-4-8-12/h2-4,7-8H,5-6,9-11H2,1H3,(H,17,18,19). The minimum absolute atomic E-state index is 0.409. The summed E-state index contributed by atoms with van der Waals surface area (Å²) in [5.41, 5.74) is 2.46. The Hall–Kier alpha value is -2.10. The highest BCUT2D eigenvalue weighted by Gasteiger charge is 2.17. The van der Waals surface area contributed by atoms with Gasteiger partial charge in [0.15, 0.2) is 5.82 Å². The lowest BCUT2D eigenvalue weighted by atomic mass is 9.96. The number of fused-ring (bicyclic) bond motifs is 1. The van der Waals surface area contributed by atoms with Crippen molar-refractivity contribution < 1.29 is 4.74 Å². The molecule has 0 saturated heterocycles. The first-order chi connectivity index (χ1) is 9.86. The summed E-state index contributed by atoms with van der Waals surface area (Å²) in [6.45, 7) is 0.409. The van der Waals surface area contributed by atoms with E-state index in [9.17, 15) is 0 Å². The monoisotopic (exact) mass is 269 g/mol. The number of nitrogens with one attached hydrogen (secondary N) is 1. The maximum absolute atomic E-state index is 5.73. The summed E-state index contributed by atoms with van der Waals surface area (Å²) in [5, 5.41) is 3.19. The number of nitrogens with zero attached hydrogens (tertiary/aromatic N) is 2. The van der Waals surface area contributed by atoms with Gasteiger partial charge in [0.2, 0.25) is 0 Å². The first-order valence-electron chi connectivity index (χ1n) is 7.11. The molecule has 2 aromatic rings. The molecule has 0 radical (unpaired) electrons. The van der Waals surface area contributed by atoms with Gasteiger partial charge in [-0.1, -0.05) is 18.2 Å². The van der Waals surface area contributed by atoms with Crippen LogP contribution in [-0.2, 0) is 19.4 Å². The molecule has 0 atom stereocenters. The number of rotatable bonds is 4. The van der Waals surface area contributed by atoms with Gasteiger partial charge >= 0.3 is 0 Å². The third-order valence-corrected chi connectivity index (χ3v) is 3.58. The summed E-state index contributed by atoms with van der Waals surface area (Å²) in [6.07, 6.45) is 4.56. The first-order valence-corrected chi connectivity index (χ1v) is 7.11. The number of hydrogen-bond donors (Lipinski definition) is 1. The van der Waals surface area contributed by atoms with Crippen molar-refractivity contribution in [3.63, 3.8) is 0 Å². The second kappa shape index (κ2) is 5.90. The molecule has 0 aliphatic heterocycles. The van der Waals surface area contributed by atoms with Crippen LogP contribution in [0, 0.1) is 0 Å². The largest absolute Gasteiger partial charge is 0.486 e. The molecule has 0 fully saturated rings. The molecule has 104 valence electrons. The highest BCUT2D eigenvalue weighted by atomic mass is 16.5. The first kappa shape index (κ1) is 12.9. The third kappa shape index (κ3) is 2.74. The second-order valence-electron chi connectivity index (χ2n) is 4.97. The van der Waals surface area contributed by atoms with Gasteiger partial charge < -0.3 is 10.1 Å². The molecule has 1 aliphatic rings. The van der Waals surface area contributed by atoms with E-state index in [1.54, 1.807) is 0 Å². The van der Waals surface area contributed by atoms with Gasteiger partial charge in [0.25, 0.3) is 0 Å². The van der Waals surface area contributed by atoms with Crippen molar-refractivity contribution in [1.29, 1.82) is 0 Å². The Balaban J connectivity index is 1.79. The van der Waals surface area contributed by atoms with Crippen LogP contribution in [0.1, 0.15) is 29.9 Å². The highest BCUT2D eigenvalue weighted by molar-refractivity contribution is 5.47. The summed E-state index contributed by atoms with van der Waals surface area (Å²) >= 11 is 0. The van der Waals surface area contributed by atoms with Crippen LogP contribution in [-0.4, -0.2) is 17.0 Å². The molecule has 4 nitrogen and oxygen atoms in total. The van der Waals surface area contributed by atoms with Crippen molar-refractivity contribution in [2.24, 2.45) is 0 Å². The Morgan fingerprint density at radius 2 is 1.90 bits per heavy atom. The van der Waals surface area contributed by atoms with Gasteiger partial charge in [0.1, 0.15) is 18.2 Å². The minimum Gasteiger partial charge on any atom is -0.486 e. The molecule has 1 heterocycles. The summed E-state index contributed by atoms with van der Waals surface area (Å²) < 4.78 is 5.73. The van der Waals surface area contributed by atoms with Crippen molar-refractivity contribution >= 4 is 5.82 Å². The van der Waals surface area contributed by atoms with Crippen LogP contribution in [0.2, 0.25) is 0 Å². The lowest BCUT2D eigenvalue weighted by Crippen LogP contribution is -2.14. The number of benzene rings is 1. The van der Waals surface area contributed by atoms with E-state index in [2.05, 4.69) is 15.3 Å². The van der Waals surface area contributed by atoms with Crippen LogP contribution in [0.15, 0.2) is 30.3 Å². The second-order valence-corrected chi connectivity index (χ2v) is 4.97. The van der Waals surface area contributed by atoms with Crippen molar-refractivity contribution in [3.05, 3.63) is 47.4 Å². The maximum atomic E-state index is 5.73. The van der Waals surface area contributed by atoms with E-state index < -0.39 is 0 Å². The molecule has 0 unspecified atom stereocenters. The molecule has 0 amide bonds. The fourth-order valence-electron chi connectivity index (χ4n) is 2.58. The number of anilines is 1. The van der Waals surface area contributed by atoms with E-state index in [-0.39, 0.29) is 0 Å². The third-order valence-electron chi connectivity index (χ3n) is 3.58. The Morgan fingerprint density at radius 3 is 2.70 bits per heavy atom. The topological polar surface area (TPSA) is 47.0 Å². The number of para-hydroxylation sites is 1. The molecular weight excluding hydrogens is 250 g/mol. The van der Waals surface area contributed by atoms with E-state index in [1.807, 2.05) is 37.4 Å². The highest BCUT2D eigenvalue weighted by Crippen LogP contribution is 2.25. The van der Waals surface area contributed by atoms with Crippen LogP contribution in [0.4, 0.5) is 5.82 Å². The Morgan fingerprint density at radius 1 is 1.10 bits per heavy atom. The van der Waals surface area contributed by atoms with Crippen molar-refractivity contribution in [2.75, 3.05) is 12.4 Å². The molecule has 0 spiro atoms. The van der Waals surface area contributed by atoms with Gasteiger partial charge in [-0.3, -0.25) is 0 Å². The summed E-state index contributed by atoms with van der Waals surface area (Å²) in [4.78, 5) is 9.23. The SMILES string of the molecule is CNc1nc(COc2ccccc2)nc2c1CCCC2. The van der Waals surface area contributed by atoms with Crippen molar-refractivity contribution in [3.8, 4) is 5.75 Å². The fourth-order valence-corrected chi connectivity index (χ4v) is 2.58. The predicted molar refractivity (Wildman–Crippen MR) is 79.0 cm³/mol. The zero-order valence-electron chi connectivity index (χ0n) is 11.7. The zero-order chi connectivity index (χ0) is 13.8. The van der Waals surface area contributed by atoms with E-state index in [1.165, 1.54) is 24.1 Å². The molecule has 1 N–H and O–H groups in total. The molecule has 1 aromatic carbocycles. The maximum Gasteiger partial charge on any atom is 0.168 e. The van der Waals surface area contributed by atoms with Gasteiger partial charge in [0, 0.05) is 18.3 Å². The van der Waals surface area contributed by atoms with Gasteiger partial charge in [-0.05, 0) is 37.8 Å². The Kier molecular flexibility index (Phi) is 3.81. The van der Waals surface area contributed by atoms with Crippen molar-refractivity contribution in [1.82, 2.24) is 9.97 Å². The average molecular weight is 269 g/mol. The van der Waals surface area contributed by atoms with Crippen LogP contribution >= 0.6 is 0 Å². The van der Waals surface area contributed by atoms with Gasteiger partial charge in [0.05, 0.1) is 0 Å². The summed E-state index contributed by atoms with van der Waals surface area (Å²) in [5.74, 6) is 2.56. The van der Waals surface area contributed by atoms with Gasteiger partial charge in [-0.25, -0.2) is 9.97 Å². The summed E-state index contributed by atoms with van der Waals surface area (Å²) in [6, 6.07) is 9.78. The lowest BCUT2D eigenvalue weighted by molar-refractivity contribution is 0.295. The quantitative estimate of drug-likeness (QED) is 0.927. The number of aryl methyl sites for hydroxylation is 1. The molecule has 0 bridgehead atoms. The molecule has 4 heteroatoms. The van der Waals surface area contributed by atoms with E-state index in [4.69, 9.17) is 4.74 Å². The lowest BCUT2D eigenvalue weighted by Gasteiger charge is -2.18. The predicted octanol–water partition coefficient (Wildman–Crippen LogP) is 2.98. The van der Waals surface area contributed by atoms with E-state index in [0.29, 0.717) is 6.61 Å². The van der Waals surface area contributed by atoms with Gasteiger partial charge in [-0.2, -0.15) is 0 Å². The summed E-state index contributed by atoms with van der Waals surface area (Å²) in [7, 11) is 1.92. The Bertz CT molecular complexity index is 567. The molecular formula is C16H19N3O. The van der Waals surface area contributed by atoms with Crippen LogP contribution in [0.25, 0.3) is 0 Å². The van der Waals surface area contributed by atoms with Crippen LogP contribution in [0.5, 0.6) is 5.75 Å². The van der Waals surface area contributed by atoms with Crippen molar-refractivity contribution in [2.45, 2.75) is 32.3 Å². The minimum atomic E-state index is 0.409. The smallest absolute Gasteiger partial charge is 0.168 e. The van der Waals surface area contributed by atoms with E-state index >= 15 is 0 Å². The van der Waals surface area contributed by atoms with Gasteiger partial charge in [-0.15, -0.1) is 0 Å². The zero-order valence-corrected chi connectivity index (χ0v) is 11.7. The molecule has 3 rings (SSSR count).